The van der Waals surface area contributed by atoms with Crippen molar-refractivity contribution in [2.75, 3.05) is 0 Å². The maximum atomic E-state index is 9.12. The van der Waals surface area contributed by atoms with Gasteiger partial charge in [-0.2, -0.15) is 10.4 Å². The molecule has 0 spiro atoms. The zero-order chi connectivity index (χ0) is 23.1. The second kappa shape index (κ2) is 8.10. The summed E-state index contributed by atoms with van der Waals surface area (Å²) in [6.07, 6.45) is 7.44. The van der Waals surface area contributed by atoms with E-state index in [9.17, 15) is 0 Å². The Kier molecular flexibility index (Phi) is 5.59. The number of rotatable bonds is 5. The van der Waals surface area contributed by atoms with Crippen LogP contribution in [-0.2, 0) is 17.3 Å². The van der Waals surface area contributed by atoms with Gasteiger partial charge in [0.1, 0.15) is 11.9 Å². The molecule has 0 aliphatic carbocycles. The average Bonchev–Trinajstić information content (AvgIpc) is 3.38. The number of hydrogen-bond acceptors (Lipinski definition) is 6. The standard InChI is InChI=1S/C25H28N6S/c1-16-29-19(11-22(30-16)24(2,3)4)21-14-27-23(32-21)9-10-25(5,6)18-13-28-31-15-17(12-26)7-8-20(18)31/h7-8,11,13-15H,9-10H2,1-6H3. The van der Waals surface area contributed by atoms with Crippen LogP contribution in [0.3, 0.4) is 0 Å². The van der Waals surface area contributed by atoms with Crippen LogP contribution < -0.4 is 0 Å². The topological polar surface area (TPSA) is 79.8 Å². The van der Waals surface area contributed by atoms with Gasteiger partial charge in [0, 0.05) is 29.8 Å². The number of aromatic nitrogens is 5. The second-order valence-corrected chi connectivity index (χ2v) is 11.0. The Hall–Kier alpha value is -3.11. The van der Waals surface area contributed by atoms with E-state index in [1.165, 1.54) is 5.56 Å². The highest BCUT2D eigenvalue weighted by atomic mass is 32.1. The van der Waals surface area contributed by atoms with Crippen molar-refractivity contribution in [1.82, 2.24) is 24.6 Å². The fraction of sp³-hybridized carbons (Fsp3) is 0.400. The second-order valence-electron chi connectivity index (χ2n) is 9.86. The van der Waals surface area contributed by atoms with Crippen molar-refractivity contribution in [1.29, 1.82) is 5.26 Å². The van der Waals surface area contributed by atoms with Crippen LogP contribution in [0.4, 0.5) is 0 Å². The fourth-order valence-corrected chi connectivity index (χ4v) is 4.63. The molecule has 0 saturated carbocycles. The Morgan fingerprint density at radius 2 is 1.88 bits per heavy atom. The van der Waals surface area contributed by atoms with Crippen molar-refractivity contribution < 1.29 is 0 Å². The maximum Gasteiger partial charge on any atom is 0.126 e. The SMILES string of the molecule is Cc1nc(-c2cnc(CCC(C)(C)c3cnn4cc(C#N)ccc34)s2)cc(C(C)(C)C)n1. The first-order valence-corrected chi connectivity index (χ1v) is 11.6. The van der Waals surface area contributed by atoms with Crippen LogP contribution in [0.2, 0.25) is 0 Å². The number of pyridine rings is 1. The van der Waals surface area contributed by atoms with Crippen LogP contribution in [-0.4, -0.2) is 24.6 Å². The first-order chi connectivity index (χ1) is 15.1. The van der Waals surface area contributed by atoms with Gasteiger partial charge in [-0.1, -0.05) is 34.6 Å². The minimum Gasteiger partial charge on any atom is -0.249 e. The molecular formula is C25H28N6S. The highest BCUT2D eigenvalue weighted by Crippen LogP contribution is 2.34. The van der Waals surface area contributed by atoms with Gasteiger partial charge in [0.25, 0.3) is 0 Å². The van der Waals surface area contributed by atoms with Gasteiger partial charge in [-0.15, -0.1) is 11.3 Å². The molecule has 6 nitrogen and oxygen atoms in total. The van der Waals surface area contributed by atoms with E-state index in [1.807, 2.05) is 31.5 Å². The summed E-state index contributed by atoms with van der Waals surface area (Å²) in [5.74, 6) is 0.788. The number of hydrogen-bond donors (Lipinski definition) is 0. The molecule has 0 radical (unpaired) electrons. The lowest BCUT2D eigenvalue weighted by Gasteiger charge is -2.23. The molecule has 32 heavy (non-hydrogen) atoms. The predicted molar refractivity (Wildman–Crippen MR) is 128 cm³/mol. The summed E-state index contributed by atoms with van der Waals surface area (Å²) in [6.45, 7) is 12.9. The van der Waals surface area contributed by atoms with Gasteiger partial charge in [0.05, 0.1) is 38.5 Å². The first-order valence-electron chi connectivity index (χ1n) is 10.8. The Bertz CT molecular complexity index is 1320. The third-order valence-electron chi connectivity index (χ3n) is 5.75. The van der Waals surface area contributed by atoms with Crippen LogP contribution in [0.15, 0.2) is 36.8 Å². The molecule has 0 atom stereocenters. The third-order valence-corrected chi connectivity index (χ3v) is 6.83. The highest BCUT2D eigenvalue weighted by molar-refractivity contribution is 7.15. The fourth-order valence-electron chi connectivity index (χ4n) is 3.75. The molecule has 0 unspecified atom stereocenters. The van der Waals surface area contributed by atoms with Crippen molar-refractivity contribution >= 4 is 16.9 Å². The molecule has 0 saturated heterocycles. The average molecular weight is 445 g/mol. The van der Waals surface area contributed by atoms with Crippen LogP contribution in [0.25, 0.3) is 16.1 Å². The van der Waals surface area contributed by atoms with Gasteiger partial charge >= 0.3 is 0 Å². The summed E-state index contributed by atoms with van der Waals surface area (Å²) in [4.78, 5) is 15.0. The van der Waals surface area contributed by atoms with Gasteiger partial charge in [0.2, 0.25) is 0 Å². The summed E-state index contributed by atoms with van der Waals surface area (Å²) in [6, 6.07) is 8.08. The molecule has 0 aliphatic rings. The molecule has 4 aromatic rings. The molecule has 0 amide bonds. The van der Waals surface area contributed by atoms with E-state index in [-0.39, 0.29) is 10.8 Å². The zero-order valence-corrected chi connectivity index (χ0v) is 20.3. The lowest BCUT2D eigenvalue weighted by molar-refractivity contribution is 0.483. The minimum atomic E-state index is -0.0767. The first kappa shape index (κ1) is 22.1. The van der Waals surface area contributed by atoms with Gasteiger partial charge in [0.15, 0.2) is 0 Å². The Labute approximate surface area is 193 Å². The number of fused-ring (bicyclic) bond motifs is 1. The molecule has 0 fully saturated rings. The van der Waals surface area contributed by atoms with Crippen molar-refractivity contribution in [3.63, 3.8) is 0 Å². The molecule has 0 bridgehead atoms. The Morgan fingerprint density at radius 3 is 2.59 bits per heavy atom. The van der Waals surface area contributed by atoms with E-state index in [0.29, 0.717) is 5.56 Å². The smallest absolute Gasteiger partial charge is 0.126 e. The van der Waals surface area contributed by atoms with E-state index in [4.69, 9.17) is 5.26 Å². The lowest BCUT2D eigenvalue weighted by atomic mass is 9.81. The normalized spacial score (nSPS) is 12.3. The van der Waals surface area contributed by atoms with E-state index in [0.717, 1.165) is 45.5 Å². The van der Waals surface area contributed by atoms with E-state index in [2.05, 4.69) is 66.8 Å². The van der Waals surface area contributed by atoms with Crippen LogP contribution in [0, 0.1) is 18.3 Å². The molecule has 0 N–H and O–H groups in total. The number of nitriles is 1. The summed E-state index contributed by atoms with van der Waals surface area (Å²) < 4.78 is 1.79. The maximum absolute atomic E-state index is 9.12. The van der Waals surface area contributed by atoms with Crippen molar-refractivity contribution in [2.45, 2.75) is 65.2 Å². The Balaban J connectivity index is 1.54. The van der Waals surface area contributed by atoms with Crippen molar-refractivity contribution in [2.24, 2.45) is 0 Å². The van der Waals surface area contributed by atoms with Crippen LogP contribution >= 0.6 is 11.3 Å². The minimum absolute atomic E-state index is 0.0254. The number of nitrogens with zero attached hydrogens (tertiary/aromatic N) is 6. The molecular weight excluding hydrogens is 416 g/mol. The van der Waals surface area contributed by atoms with Gasteiger partial charge in [-0.3, -0.25) is 0 Å². The molecule has 0 aromatic carbocycles. The molecule has 4 heterocycles. The number of thiazole rings is 1. The van der Waals surface area contributed by atoms with E-state index >= 15 is 0 Å². The van der Waals surface area contributed by atoms with E-state index in [1.54, 1.807) is 22.0 Å². The third kappa shape index (κ3) is 4.42. The van der Waals surface area contributed by atoms with Gasteiger partial charge in [-0.25, -0.2) is 19.5 Å². The van der Waals surface area contributed by atoms with Gasteiger partial charge in [-0.05, 0) is 37.0 Å². The monoisotopic (exact) mass is 444 g/mol. The Morgan fingerprint density at radius 1 is 1.09 bits per heavy atom. The molecule has 4 rings (SSSR count). The summed E-state index contributed by atoms with van der Waals surface area (Å²) in [5, 5.41) is 14.7. The summed E-state index contributed by atoms with van der Waals surface area (Å²) >= 11 is 1.70. The largest absolute Gasteiger partial charge is 0.249 e. The molecule has 7 heteroatoms. The quantitative estimate of drug-likeness (QED) is 0.398. The zero-order valence-electron chi connectivity index (χ0n) is 19.5. The van der Waals surface area contributed by atoms with Crippen molar-refractivity contribution in [3.8, 4) is 16.6 Å². The summed E-state index contributed by atoms with van der Waals surface area (Å²) in [7, 11) is 0. The van der Waals surface area contributed by atoms with Crippen LogP contribution in [0.5, 0.6) is 0 Å². The number of aryl methyl sites for hydroxylation is 2. The van der Waals surface area contributed by atoms with Gasteiger partial charge < -0.3 is 0 Å². The van der Waals surface area contributed by atoms with Crippen molar-refractivity contribution in [3.05, 3.63) is 64.4 Å². The predicted octanol–water partition coefficient (Wildman–Crippen LogP) is 5.64. The van der Waals surface area contributed by atoms with Crippen LogP contribution in [0.1, 0.15) is 68.7 Å². The molecule has 0 aliphatic heterocycles. The lowest BCUT2D eigenvalue weighted by Crippen LogP contribution is -2.18. The van der Waals surface area contributed by atoms with E-state index < -0.39 is 0 Å². The summed E-state index contributed by atoms with van der Waals surface area (Å²) in [5.41, 5.74) is 4.72. The highest BCUT2D eigenvalue weighted by Gasteiger charge is 2.25. The molecule has 4 aromatic heterocycles. The molecule has 164 valence electrons.